The number of carbonyl (C=O) groups is 1. The molecule has 0 aromatic carbocycles. The molecule has 1 saturated heterocycles. The van der Waals surface area contributed by atoms with Crippen molar-refractivity contribution >= 4 is 5.97 Å². The monoisotopic (exact) mass is 159 g/mol. The van der Waals surface area contributed by atoms with Crippen molar-refractivity contribution in [3.63, 3.8) is 0 Å². The van der Waals surface area contributed by atoms with Crippen LogP contribution in [0.4, 0.5) is 0 Å². The van der Waals surface area contributed by atoms with Gasteiger partial charge in [-0.15, -0.1) is 0 Å². The maximum absolute atomic E-state index is 10.1. The number of aliphatic carboxylic acids is 1. The number of hydrogen-bond acceptors (Lipinski definition) is 3. The maximum atomic E-state index is 10.1. The first-order chi connectivity index (χ1) is 5.02. The zero-order chi connectivity index (χ0) is 8.48. The van der Waals surface area contributed by atoms with E-state index in [2.05, 4.69) is 4.90 Å². The van der Waals surface area contributed by atoms with Crippen molar-refractivity contribution in [2.45, 2.75) is 12.5 Å². The van der Waals surface area contributed by atoms with Gasteiger partial charge >= 0.3 is 5.97 Å². The first-order valence-corrected chi connectivity index (χ1v) is 3.56. The summed E-state index contributed by atoms with van der Waals surface area (Å²) >= 11 is 0. The Balaban J connectivity index is 2.21. The van der Waals surface area contributed by atoms with E-state index in [1.807, 2.05) is 14.0 Å². The SMILES string of the molecule is CN1CC(C)(OCC(=O)O)C1. The van der Waals surface area contributed by atoms with Gasteiger partial charge in [-0.1, -0.05) is 0 Å². The Morgan fingerprint density at radius 1 is 1.73 bits per heavy atom. The Bertz CT molecular complexity index is 163. The summed E-state index contributed by atoms with van der Waals surface area (Å²) in [4.78, 5) is 12.2. The first-order valence-electron chi connectivity index (χ1n) is 3.56. The average Bonchev–Trinajstić information content (AvgIpc) is 1.81. The van der Waals surface area contributed by atoms with Crippen molar-refractivity contribution in [2.24, 2.45) is 0 Å². The van der Waals surface area contributed by atoms with E-state index in [9.17, 15) is 4.79 Å². The Labute approximate surface area is 65.8 Å². The Hall–Kier alpha value is -0.610. The van der Waals surface area contributed by atoms with Gasteiger partial charge in [0.25, 0.3) is 0 Å². The molecule has 1 aliphatic rings. The second kappa shape index (κ2) is 2.79. The summed E-state index contributed by atoms with van der Waals surface area (Å²) in [5.41, 5.74) is -0.229. The fourth-order valence-electron chi connectivity index (χ4n) is 1.42. The average molecular weight is 159 g/mol. The van der Waals surface area contributed by atoms with Crippen molar-refractivity contribution < 1.29 is 14.6 Å². The first kappa shape index (κ1) is 8.49. The van der Waals surface area contributed by atoms with Gasteiger partial charge in [0.1, 0.15) is 6.61 Å². The fourth-order valence-corrected chi connectivity index (χ4v) is 1.42. The van der Waals surface area contributed by atoms with Crippen LogP contribution in [0.15, 0.2) is 0 Å². The summed E-state index contributed by atoms with van der Waals surface area (Å²) in [6, 6.07) is 0. The number of carboxylic acids is 1. The standard InChI is InChI=1S/C7H13NO3/c1-7(4-8(2)5-7)11-3-6(9)10/h3-5H2,1-2H3,(H,9,10). The van der Waals surface area contributed by atoms with E-state index in [1.165, 1.54) is 0 Å². The van der Waals surface area contributed by atoms with Gasteiger partial charge in [-0.25, -0.2) is 4.79 Å². The molecule has 11 heavy (non-hydrogen) atoms. The van der Waals surface area contributed by atoms with Gasteiger partial charge in [-0.3, -0.25) is 0 Å². The number of ether oxygens (including phenoxy) is 1. The molecule has 0 atom stereocenters. The van der Waals surface area contributed by atoms with Crippen LogP contribution in [0.5, 0.6) is 0 Å². The summed E-state index contributed by atoms with van der Waals surface area (Å²) < 4.78 is 5.16. The molecule has 0 saturated carbocycles. The zero-order valence-corrected chi connectivity index (χ0v) is 6.83. The molecule has 64 valence electrons. The minimum atomic E-state index is -0.902. The molecule has 1 fully saturated rings. The van der Waals surface area contributed by atoms with Crippen molar-refractivity contribution in [3.05, 3.63) is 0 Å². The van der Waals surface area contributed by atoms with Crippen LogP contribution in [-0.2, 0) is 9.53 Å². The Kier molecular flexibility index (Phi) is 2.15. The quantitative estimate of drug-likeness (QED) is 0.619. The summed E-state index contributed by atoms with van der Waals surface area (Å²) in [5.74, 6) is -0.902. The Morgan fingerprint density at radius 3 is 2.64 bits per heavy atom. The third-order valence-corrected chi connectivity index (χ3v) is 1.75. The topological polar surface area (TPSA) is 49.8 Å². The van der Waals surface area contributed by atoms with Gasteiger partial charge in [0.05, 0.1) is 5.60 Å². The number of carboxylic acid groups (broad SMARTS) is 1. The van der Waals surface area contributed by atoms with Gasteiger partial charge in [0.2, 0.25) is 0 Å². The summed E-state index contributed by atoms with van der Waals surface area (Å²) in [5, 5.41) is 8.32. The molecule has 1 N–H and O–H groups in total. The third kappa shape index (κ3) is 2.17. The van der Waals surface area contributed by atoms with Crippen LogP contribution in [0.2, 0.25) is 0 Å². The van der Waals surface area contributed by atoms with Gasteiger partial charge in [0.15, 0.2) is 0 Å². The third-order valence-electron chi connectivity index (χ3n) is 1.75. The van der Waals surface area contributed by atoms with Crippen LogP contribution in [0.3, 0.4) is 0 Å². The summed E-state index contributed by atoms with van der Waals surface area (Å²) in [7, 11) is 1.98. The summed E-state index contributed by atoms with van der Waals surface area (Å²) in [6.07, 6.45) is 0. The molecule has 0 aromatic heterocycles. The number of nitrogens with zero attached hydrogens (tertiary/aromatic N) is 1. The van der Waals surface area contributed by atoms with Crippen LogP contribution < -0.4 is 0 Å². The molecule has 1 heterocycles. The van der Waals surface area contributed by atoms with Crippen molar-refractivity contribution in [2.75, 3.05) is 26.7 Å². The highest BCUT2D eigenvalue weighted by Crippen LogP contribution is 2.22. The van der Waals surface area contributed by atoms with Crippen molar-refractivity contribution in [3.8, 4) is 0 Å². The molecule has 0 bridgehead atoms. The molecule has 4 nitrogen and oxygen atoms in total. The highest BCUT2D eigenvalue weighted by atomic mass is 16.5. The second-order valence-electron chi connectivity index (χ2n) is 3.30. The number of likely N-dealkylation sites (N-methyl/N-ethyl adjacent to an activating group) is 1. The Morgan fingerprint density at radius 2 is 2.27 bits per heavy atom. The minimum Gasteiger partial charge on any atom is -0.480 e. The molecule has 0 amide bonds. The fraction of sp³-hybridized carbons (Fsp3) is 0.857. The normalized spacial score (nSPS) is 22.7. The number of hydrogen-bond donors (Lipinski definition) is 1. The maximum Gasteiger partial charge on any atom is 0.329 e. The summed E-state index contributed by atoms with van der Waals surface area (Å²) in [6.45, 7) is 3.38. The van der Waals surface area contributed by atoms with E-state index in [0.29, 0.717) is 0 Å². The van der Waals surface area contributed by atoms with Gasteiger partial charge < -0.3 is 14.7 Å². The van der Waals surface area contributed by atoms with E-state index in [0.717, 1.165) is 13.1 Å². The van der Waals surface area contributed by atoms with E-state index >= 15 is 0 Å². The lowest BCUT2D eigenvalue weighted by Crippen LogP contribution is -2.59. The zero-order valence-electron chi connectivity index (χ0n) is 6.83. The molecular formula is C7H13NO3. The molecule has 0 aliphatic carbocycles. The molecule has 0 radical (unpaired) electrons. The molecule has 0 unspecified atom stereocenters. The van der Waals surface area contributed by atoms with Gasteiger partial charge in [-0.2, -0.15) is 0 Å². The minimum absolute atomic E-state index is 0.190. The van der Waals surface area contributed by atoms with Gasteiger partial charge in [-0.05, 0) is 14.0 Å². The predicted molar refractivity (Wildman–Crippen MR) is 39.5 cm³/mol. The van der Waals surface area contributed by atoms with E-state index in [4.69, 9.17) is 9.84 Å². The lowest BCUT2D eigenvalue weighted by atomic mass is 9.98. The van der Waals surface area contributed by atoms with E-state index in [-0.39, 0.29) is 12.2 Å². The van der Waals surface area contributed by atoms with Crippen LogP contribution in [0.1, 0.15) is 6.92 Å². The highest BCUT2D eigenvalue weighted by molar-refractivity contribution is 5.68. The van der Waals surface area contributed by atoms with Gasteiger partial charge in [0, 0.05) is 13.1 Å². The molecule has 4 heteroatoms. The van der Waals surface area contributed by atoms with Crippen molar-refractivity contribution in [1.82, 2.24) is 4.90 Å². The van der Waals surface area contributed by atoms with Crippen LogP contribution >= 0.6 is 0 Å². The molecule has 0 spiro atoms. The number of rotatable bonds is 3. The van der Waals surface area contributed by atoms with E-state index < -0.39 is 5.97 Å². The second-order valence-corrected chi connectivity index (χ2v) is 3.30. The van der Waals surface area contributed by atoms with Crippen molar-refractivity contribution in [1.29, 1.82) is 0 Å². The van der Waals surface area contributed by atoms with Crippen LogP contribution in [-0.4, -0.2) is 48.3 Å². The molecule has 0 aromatic rings. The lowest BCUT2D eigenvalue weighted by Gasteiger charge is -2.45. The molecular weight excluding hydrogens is 146 g/mol. The van der Waals surface area contributed by atoms with E-state index in [1.54, 1.807) is 0 Å². The molecule has 1 rings (SSSR count). The predicted octanol–water partition coefficient (Wildman–Crippen LogP) is -0.208. The smallest absolute Gasteiger partial charge is 0.329 e. The number of likely N-dealkylation sites (tertiary alicyclic amines) is 1. The molecule has 1 aliphatic heterocycles. The highest BCUT2D eigenvalue weighted by Gasteiger charge is 2.37. The van der Waals surface area contributed by atoms with Crippen LogP contribution in [0.25, 0.3) is 0 Å². The van der Waals surface area contributed by atoms with Crippen LogP contribution in [0, 0.1) is 0 Å². The lowest BCUT2D eigenvalue weighted by molar-refractivity contribution is -0.162. The largest absolute Gasteiger partial charge is 0.480 e.